The molecule has 0 aromatic carbocycles. The summed E-state index contributed by atoms with van der Waals surface area (Å²) in [6.07, 6.45) is 5.56. The average Bonchev–Trinajstić information content (AvgIpc) is 2.71. The van der Waals surface area contributed by atoms with Gasteiger partial charge in [0.1, 0.15) is 11.6 Å². The maximum absolute atomic E-state index is 12.9. The van der Waals surface area contributed by atoms with E-state index >= 15 is 0 Å². The van der Waals surface area contributed by atoms with Gasteiger partial charge in [-0.25, -0.2) is 14.5 Å². The van der Waals surface area contributed by atoms with E-state index < -0.39 is 7.82 Å². The Morgan fingerprint density at radius 3 is 2.62 bits per heavy atom. The topological polar surface area (TPSA) is 156 Å². The van der Waals surface area contributed by atoms with Gasteiger partial charge in [-0.1, -0.05) is 38.5 Å². The highest BCUT2D eigenvalue weighted by molar-refractivity contribution is 8.17. The standard InChI is InChI=1S/C20H33N4O6PS/c1-5-7-8-16(6-2)20(26)32-18(9-10-30-31(27,28)29)14(3)24(13-25)12-17-11-22-15(4)23-19(17)21/h11,13,16H,5-10,12H2,1-4H3,(H2,21,22,23)(H2,27,28,29). The molecule has 32 heavy (non-hydrogen) atoms. The van der Waals surface area contributed by atoms with E-state index in [2.05, 4.69) is 21.4 Å². The Balaban J connectivity index is 3.16. The molecule has 0 fully saturated rings. The summed E-state index contributed by atoms with van der Waals surface area (Å²) >= 11 is 0.992. The first-order chi connectivity index (χ1) is 15.0. The molecule has 10 nitrogen and oxygen atoms in total. The van der Waals surface area contributed by atoms with Crippen LogP contribution < -0.4 is 5.73 Å². The molecule has 1 aromatic heterocycles. The van der Waals surface area contributed by atoms with Crippen molar-refractivity contribution < 1.29 is 28.5 Å². The van der Waals surface area contributed by atoms with Gasteiger partial charge in [-0.2, -0.15) is 0 Å². The minimum Gasteiger partial charge on any atom is -0.383 e. The van der Waals surface area contributed by atoms with Gasteiger partial charge in [0.2, 0.25) is 6.41 Å². The molecular formula is C20H33N4O6PS. The predicted molar refractivity (Wildman–Crippen MR) is 124 cm³/mol. The zero-order chi connectivity index (χ0) is 24.3. The smallest absolute Gasteiger partial charge is 0.383 e. The Bertz CT molecular complexity index is 860. The van der Waals surface area contributed by atoms with E-state index in [0.29, 0.717) is 34.8 Å². The van der Waals surface area contributed by atoms with Crippen LogP contribution in [0.25, 0.3) is 0 Å². The summed E-state index contributed by atoms with van der Waals surface area (Å²) < 4.78 is 15.6. The van der Waals surface area contributed by atoms with Gasteiger partial charge in [0.05, 0.1) is 13.2 Å². The van der Waals surface area contributed by atoms with Crippen molar-refractivity contribution in [3.05, 3.63) is 28.2 Å². The van der Waals surface area contributed by atoms with Gasteiger partial charge in [-0.15, -0.1) is 0 Å². The van der Waals surface area contributed by atoms with Crippen LogP contribution >= 0.6 is 19.6 Å². The number of hydrogen-bond donors (Lipinski definition) is 3. The van der Waals surface area contributed by atoms with E-state index in [4.69, 9.17) is 15.5 Å². The number of nitrogen functional groups attached to an aromatic ring is 1. The number of nitrogens with zero attached hydrogens (tertiary/aromatic N) is 3. The number of amides is 1. The fraction of sp³-hybridized carbons (Fsp3) is 0.600. The van der Waals surface area contributed by atoms with Crippen molar-refractivity contribution in [3.8, 4) is 0 Å². The van der Waals surface area contributed by atoms with Crippen molar-refractivity contribution in [1.82, 2.24) is 14.9 Å². The van der Waals surface area contributed by atoms with Gasteiger partial charge in [0.25, 0.3) is 0 Å². The quantitative estimate of drug-likeness (QED) is 0.261. The number of aryl methyl sites for hydroxylation is 1. The minimum absolute atomic E-state index is 0.0458. The molecule has 1 heterocycles. The number of phosphoric acid groups is 1. The lowest BCUT2D eigenvalue weighted by Gasteiger charge is -2.23. The lowest BCUT2D eigenvalue weighted by atomic mass is 10.0. The molecule has 12 heteroatoms. The molecular weight excluding hydrogens is 455 g/mol. The molecule has 180 valence electrons. The van der Waals surface area contributed by atoms with Crippen LogP contribution in [0.2, 0.25) is 0 Å². The zero-order valence-corrected chi connectivity index (χ0v) is 20.7. The molecule has 1 rings (SSSR count). The van der Waals surface area contributed by atoms with Crippen molar-refractivity contribution in [1.29, 1.82) is 0 Å². The van der Waals surface area contributed by atoms with Crippen LogP contribution in [-0.2, 0) is 25.2 Å². The molecule has 1 aromatic rings. The minimum atomic E-state index is -4.66. The number of thioether (sulfide) groups is 1. The van der Waals surface area contributed by atoms with Gasteiger partial charge in [-0.05, 0) is 26.7 Å². The van der Waals surface area contributed by atoms with E-state index in [0.717, 1.165) is 31.0 Å². The molecule has 0 aliphatic rings. The van der Waals surface area contributed by atoms with E-state index in [1.54, 1.807) is 13.8 Å². The normalized spacial score (nSPS) is 13.4. The van der Waals surface area contributed by atoms with E-state index in [1.807, 2.05) is 6.92 Å². The van der Waals surface area contributed by atoms with Crippen molar-refractivity contribution in [2.45, 2.75) is 66.3 Å². The van der Waals surface area contributed by atoms with E-state index in [9.17, 15) is 14.2 Å². The number of allylic oxidation sites excluding steroid dienone is 1. The monoisotopic (exact) mass is 488 g/mol. The SMILES string of the molecule is CCCCC(CC)C(=O)SC(CCOP(=O)(O)O)=C(C)N(C=O)Cc1cnc(C)nc1N. The Morgan fingerprint density at radius 2 is 2.09 bits per heavy atom. The van der Waals surface area contributed by atoms with Crippen LogP contribution in [0.5, 0.6) is 0 Å². The fourth-order valence-corrected chi connectivity index (χ4v) is 4.39. The third kappa shape index (κ3) is 9.79. The molecule has 0 spiro atoms. The maximum atomic E-state index is 12.9. The van der Waals surface area contributed by atoms with Gasteiger partial charge >= 0.3 is 7.82 Å². The van der Waals surface area contributed by atoms with Crippen molar-refractivity contribution >= 4 is 36.9 Å². The Hall–Kier alpha value is -1.78. The van der Waals surface area contributed by atoms with Crippen molar-refractivity contribution in [2.24, 2.45) is 5.92 Å². The van der Waals surface area contributed by atoms with Gasteiger partial charge in [-0.3, -0.25) is 14.1 Å². The second-order valence-electron chi connectivity index (χ2n) is 7.31. The molecule has 0 bridgehead atoms. The highest BCUT2D eigenvalue weighted by Crippen LogP contribution is 2.38. The van der Waals surface area contributed by atoms with Crippen LogP contribution in [-0.4, -0.2) is 42.8 Å². The molecule has 0 saturated heterocycles. The van der Waals surface area contributed by atoms with Crippen LogP contribution in [0.4, 0.5) is 5.82 Å². The van der Waals surface area contributed by atoms with Gasteiger partial charge in [0.15, 0.2) is 5.12 Å². The summed E-state index contributed by atoms with van der Waals surface area (Å²) in [5, 5.41) is -0.0458. The maximum Gasteiger partial charge on any atom is 0.469 e. The first-order valence-corrected chi connectivity index (χ1v) is 12.8. The first kappa shape index (κ1) is 28.3. The number of carbonyl (C=O) groups excluding carboxylic acids is 2. The zero-order valence-electron chi connectivity index (χ0n) is 19.0. The second-order valence-corrected chi connectivity index (χ2v) is 9.65. The van der Waals surface area contributed by atoms with E-state index in [-0.39, 0.29) is 36.4 Å². The number of nitrogens with two attached hydrogens (primary N) is 1. The summed E-state index contributed by atoms with van der Waals surface area (Å²) in [5.74, 6) is 0.611. The first-order valence-electron chi connectivity index (χ1n) is 10.4. The molecule has 0 radical (unpaired) electrons. The summed E-state index contributed by atoms with van der Waals surface area (Å²) in [5.41, 5.74) is 6.95. The highest BCUT2D eigenvalue weighted by atomic mass is 32.2. The molecule has 4 N–H and O–H groups in total. The van der Waals surface area contributed by atoms with Crippen LogP contribution in [0.3, 0.4) is 0 Å². The highest BCUT2D eigenvalue weighted by Gasteiger charge is 2.23. The van der Waals surface area contributed by atoms with Crippen molar-refractivity contribution in [2.75, 3.05) is 12.3 Å². The molecule has 1 unspecified atom stereocenters. The summed E-state index contributed by atoms with van der Waals surface area (Å²) in [6, 6.07) is 0. The number of anilines is 1. The fourth-order valence-electron chi connectivity index (χ4n) is 2.92. The summed E-state index contributed by atoms with van der Waals surface area (Å²) in [6.45, 7) is 7.16. The number of rotatable bonds is 14. The lowest BCUT2D eigenvalue weighted by molar-refractivity contribution is -0.117. The third-order valence-electron chi connectivity index (χ3n) is 4.87. The van der Waals surface area contributed by atoms with Crippen LogP contribution in [0, 0.1) is 12.8 Å². The predicted octanol–water partition coefficient (Wildman–Crippen LogP) is 3.53. The summed E-state index contributed by atoms with van der Waals surface area (Å²) in [7, 11) is -4.66. The number of aromatic nitrogens is 2. The molecule has 0 aliphatic carbocycles. The summed E-state index contributed by atoms with van der Waals surface area (Å²) in [4.78, 5) is 52.8. The number of hydrogen-bond acceptors (Lipinski definition) is 8. The van der Waals surface area contributed by atoms with Crippen LogP contribution in [0.15, 0.2) is 16.8 Å². The average molecular weight is 489 g/mol. The van der Waals surface area contributed by atoms with Gasteiger partial charge < -0.3 is 20.4 Å². The molecule has 0 aliphatic heterocycles. The lowest BCUT2D eigenvalue weighted by Crippen LogP contribution is -2.22. The molecule has 1 atom stereocenters. The number of phosphoric ester groups is 1. The van der Waals surface area contributed by atoms with Crippen molar-refractivity contribution in [3.63, 3.8) is 0 Å². The molecule has 1 amide bonds. The second kappa shape index (κ2) is 13.7. The largest absolute Gasteiger partial charge is 0.469 e. The Kier molecular flexibility index (Phi) is 12.1. The van der Waals surface area contributed by atoms with Crippen LogP contribution in [0.1, 0.15) is 64.3 Å². The van der Waals surface area contributed by atoms with E-state index in [1.165, 1.54) is 11.1 Å². The Morgan fingerprint density at radius 1 is 1.41 bits per heavy atom. The van der Waals surface area contributed by atoms with Gasteiger partial charge in [0, 0.05) is 34.7 Å². The number of unbranched alkanes of at least 4 members (excludes halogenated alkanes) is 1. The Labute approximate surface area is 193 Å². The molecule has 0 saturated carbocycles. The third-order valence-corrected chi connectivity index (χ3v) is 6.66. The number of carbonyl (C=O) groups is 2.